The fraction of sp³-hybridized carbons (Fsp3) is 1.00. The zero-order chi connectivity index (χ0) is 4.28. The van der Waals surface area contributed by atoms with E-state index in [-0.39, 0.29) is 0 Å². The van der Waals surface area contributed by atoms with Crippen LogP contribution in [0.4, 0.5) is 0 Å². The molecule has 0 aromatic rings. The minimum absolute atomic E-state index is 0.884. The zero-order valence-electron chi connectivity index (χ0n) is 4.28. The van der Waals surface area contributed by atoms with Crippen molar-refractivity contribution in [3.8, 4) is 0 Å². The molecule has 0 aliphatic rings. The van der Waals surface area contributed by atoms with Crippen LogP contribution >= 0.6 is 0 Å². The molecule has 1 heteroatoms. The second-order valence-corrected chi connectivity index (χ2v) is 1.80. The molecule has 30 valence electrons. The first-order valence-electron chi connectivity index (χ1n) is 2.27. The highest BCUT2D eigenvalue weighted by atomic mass is 13.8. The summed E-state index contributed by atoms with van der Waals surface area (Å²) >= 11 is 0. The molecule has 0 rings (SSSR count). The molecule has 0 aromatic carbocycles. The van der Waals surface area contributed by atoms with E-state index in [4.69, 9.17) is 0 Å². The summed E-state index contributed by atoms with van der Waals surface area (Å²) in [6.45, 7) is 4.44. The summed E-state index contributed by atoms with van der Waals surface area (Å²) in [5.41, 5.74) is 0. The molecule has 0 aromatic heterocycles. The fourth-order valence-electron chi connectivity index (χ4n) is 0. The summed E-state index contributed by atoms with van der Waals surface area (Å²) in [6, 6.07) is 0. The Labute approximate surface area is 35.0 Å². The van der Waals surface area contributed by atoms with Crippen LogP contribution in [0.5, 0.6) is 0 Å². The van der Waals surface area contributed by atoms with Gasteiger partial charge in [-0.3, -0.25) is 0 Å². The average molecular weight is 69.9 g/mol. The molecule has 0 spiro atoms. The van der Waals surface area contributed by atoms with Crippen molar-refractivity contribution < 1.29 is 0 Å². The SMILES string of the molecule is BCC(C)C. The maximum absolute atomic E-state index is 2.22. The minimum Gasteiger partial charge on any atom is -0.0788 e. The van der Waals surface area contributed by atoms with Gasteiger partial charge in [0.2, 0.25) is 0 Å². The van der Waals surface area contributed by atoms with E-state index in [0.29, 0.717) is 0 Å². The van der Waals surface area contributed by atoms with Crippen LogP contribution in [0, 0.1) is 5.92 Å². The molecular formula is C4H11B. The summed E-state index contributed by atoms with van der Waals surface area (Å²) in [5, 5.41) is 0. The van der Waals surface area contributed by atoms with Gasteiger partial charge in [-0.1, -0.05) is 26.1 Å². The van der Waals surface area contributed by atoms with Crippen molar-refractivity contribution in [2.24, 2.45) is 5.92 Å². The van der Waals surface area contributed by atoms with Crippen LogP contribution in [-0.2, 0) is 0 Å². The quantitative estimate of drug-likeness (QED) is 0.398. The first-order valence-corrected chi connectivity index (χ1v) is 2.27. The molecule has 0 saturated carbocycles. The molecule has 0 bridgehead atoms. The Balaban J connectivity index is 2.54. The predicted molar refractivity (Wildman–Crippen MR) is 28.2 cm³/mol. The van der Waals surface area contributed by atoms with Gasteiger partial charge in [0, 0.05) is 0 Å². The number of rotatable bonds is 1. The molecule has 0 saturated heterocycles. The van der Waals surface area contributed by atoms with Crippen LogP contribution in [0.15, 0.2) is 0 Å². The van der Waals surface area contributed by atoms with Gasteiger partial charge in [-0.15, -0.1) is 0 Å². The third-order valence-corrected chi connectivity index (χ3v) is 0.816. The van der Waals surface area contributed by atoms with Crippen LogP contribution < -0.4 is 0 Å². The second kappa shape index (κ2) is 2.31. The van der Waals surface area contributed by atoms with Gasteiger partial charge in [-0.05, 0) is 0 Å². The molecule has 0 fully saturated rings. The molecule has 0 aliphatic heterocycles. The normalized spacial score (nSPS) is 9.40. The third kappa shape index (κ3) is 4.06. The Bertz CT molecular complexity index is 17.6. The molecule has 0 nitrogen and oxygen atoms in total. The van der Waals surface area contributed by atoms with Crippen molar-refractivity contribution in [3.05, 3.63) is 0 Å². The van der Waals surface area contributed by atoms with Crippen LogP contribution in [-0.4, -0.2) is 7.85 Å². The lowest BCUT2D eigenvalue weighted by Gasteiger charge is -1.90. The van der Waals surface area contributed by atoms with Crippen LogP contribution in [0.2, 0.25) is 6.32 Å². The average Bonchev–Trinajstić information content (AvgIpc) is 1.38. The maximum Gasteiger partial charge on any atom is 0.101 e. The van der Waals surface area contributed by atoms with Gasteiger partial charge in [0.15, 0.2) is 0 Å². The van der Waals surface area contributed by atoms with Crippen molar-refractivity contribution in [2.75, 3.05) is 0 Å². The number of hydrogen-bond acceptors (Lipinski definition) is 0. The van der Waals surface area contributed by atoms with E-state index in [2.05, 4.69) is 21.7 Å². The first-order chi connectivity index (χ1) is 2.27. The molecular weight excluding hydrogens is 58.9 g/mol. The van der Waals surface area contributed by atoms with Crippen molar-refractivity contribution >= 4 is 7.85 Å². The Morgan fingerprint density at radius 3 is 1.80 bits per heavy atom. The zero-order valence-corrected chi connectivity index (χ0v) is 4.28. The van der Waals surface area contributed by atoms with Crippen molar-refractivity contribution in [1.82, 2.24) is 0 Å². The van der Waals surface area contributed by atoms with Gasteiger partial charge in [0.1, 0.15) is 7.85 Å². The monoisotopic (exact) mass is 70.1 g/mol. The van der Waals surface area contributed by atoms with Crippen molar-refractivity contribution in [3.63, 3.8) is 0 Å². The highest BCUT2D eigenvalue weighted by Crippen LogP contribution is 1.92. The highest BCUT2D eigenvalue weighted by molar-refractivity contribution is 6.08. The lowest BCUT2D eigenvalue weighted by Crippen LogP contribution is -1.80. The fourth-order valence-corrected chi connectivity index (χ4v) is 0. The highest BCUT2D eigenvalue weighted by Gasteiger charge is 1.80. The van der Waals surface area contributed by atoms with Gasteiger partial charge in [0.05, 0.1) is 0 Å². The lowest BCUT2D eigenvalue weighted by molar-refractivity contribution is 0.735. The maximum atomic E-state index is 2.22. The van der Waals surface area contributed by atoms with E-state index >= 15 is 0 Å². The Morgan fingerprint density at radius 2 is 1.80 bits per heavy atom. The Morgan fingerprint density at radius 1 is 1.60 bits per heavy atom. The summed E-state index contributed by atoms with van der Waals surface area (Å²) in [7, 11) is 2.20. The van der Waals surface area contributed by atoms with Crippen LogP contribution in [0.3, 0.4) is 0 Å². The van der Waals surface area contributed by atoms with Crippen LogP contribution in [0.1, 0.15) is 13.8 Å². The third-order valence-electron chi connectivity index (χ3n) is 0.816. The summed E-state index contributed by atoms with van der Waals surface area (Å²) in [5.74, 6) is 0.884. The Kier molecular flexibility index (Phi) is 2.34. The van der Waals surface area contributed by atoms with E-state index in [1.807, 2.05) is 0 Å². The smallest absolute Gasteiger partial charge is 0.0788 e. The summed E-state index contributed by atoms with van der Waals surface area (Å²) in [6.07, 6.45) is 1.31. The molecule has 0 N–H and O–H groups in total. The molecule has 0 radical (unpaired) electrons. The Hall–Kier alpha value is 0.0649. The van der Waals surface area contributed by atoms with Gasteiger partial charge >= 0.3 is 0 Å². The van der Waals surface area contributed by atoms with E-state index in [1.54, 1.807) is 0 Å². The van der Waals surface area contributed by atoms with E-state index in [0.717, 1.165) is 5.92 Å². The molecule has 5 heavy (non-hydrogen) atoms. The summed E-state index contributed by atoms with van der Waals surface area (Å²) < 4.78 is 0. The lowest BCUT2D eigenvalue weighted by atomic mass is 9.95. The topological polar surface area (TPSA) is 0 Å². The molecule has 0 heterocycles. The van der Waals surface area contributed by atoms with Gasteiger partial charge in [0.25, 0.3) is 0 Å². The van der Waals surface area contributed by atoms with Crippen molar-refractivity contribution in [1.29, 1.82) is 0 Å². The van der Waals surface area contributed by atoms with E-state index in [1.165, 1.54) is 6.32 Å². The standard InChI is InChI=1S/C4H11B/c1-4(2)3-5/h4H,3,5H2,1-2H3. The summed E-state index contributed by atoms with van der Waals surface area (Å²) in [4.78, 5) is 0. The predicted octanol–water partition coefficient (Wildman–Crippen LogP) is 0.694. The molecule has 0 unspecified atom stereocenters. The molecule has 0 aliphatic carbocycles. The van der Waals surface area contributed by atoms with E-state index in [9.17, 15) is 0 Å². The minimum atomic E-state index is 0.884. The largest absolute Gasteiger partial charge is 0.101 e. The van der Waals surface area contributed by atoms with Gasteiger partial charge in [-0.2, -0.15) is 0 Å². The second-order valence-electron chi connectivity index (χ2n) is 1.80. The van der Waals surface area contributed by atoms with Gasteiger partial charge in [-0.25, -0.2) is 0 Å². The number of hydrogen-bond donors (Lipinski definition) is 0. The van der Waals surface area contributed by atoms with E-state index < -0.39 is 0 Å². The first kappa shape index (κ1) is 5.06. The molecule has 0 atom stereocenters. The van der Waals surface area contributed by atoms with Crippen molar-refractivity contribution in [2.45, 2.75) is 20.2 Å². The molecule has 0 amide bonds. The van der Waals surface area contributed by atoms with Crippen LogP contribution in [0.25, 0.3) is 0 Å². The van der Waals surface area contributed by atoms with Gasteiger partial charge < -0.3 is 0 Å².